The van der Waals surface area contributed by atoms with Gasteiger partial charge < -0.3 is 30.5 Å². The second kappa shape index (κ2) is 10.6. The van der Waals surface area contributed by atoms with Gasteiger partial charge in [0.15, 0.2) is 0 Å². The van der Waals surface area contributed by atoms with Crippen LogP contribution in [0.1, 0.15) is 34.3 Å². The molecule has 9 heteroatoms. The molecule has 9 nitrogen and oxygen atoms in total. The van der Waals surface area contributed by atoms with Crippen molar-refractivity contribution in [2.24, 2.45) is 0 Å². The van der Waals surface area contributed by atoms with Crippen molar-refractivity contribution in [1.82, 2.24) is 14.9 Å². The highest BCUT2D eigenvalue weighted by molar-refractivity contribution is 6.08. The number of amides is 1. The predicted molar refractivity (Wildman–Crippen MR) is 149 cm³/mol. The number of benzene rings is 2. The van der Waals surface area contributed by atoms with Gasteiger partial charge in [0, 0.05) is 55.9 Å². The number of aryl methyl sites for hydroxylation is 2. The van der Waals surface area contributed by atoms with E-state index < -0.39 is 0 Å². The van der Waals surface area contributed by atoms with Crippen molar-refractivity contribution in [2.75, 3.05) is 61.2 Å². The summed E-state index contributed by atoms with van der Waals surface area (Å²) in [4.78, 5) is 27.1. The van der Waals surface area contributed by atoms with Crippen LogP contribution < -0.4 is 25.6 Å². The van der Waals surface area contributed by atoms with E-state index in [-0.39, 0.29) is 5.91 Å². The minimum absolute atomic E-state index is 0.235. The highest BCUT2D eigenvalue weighted by Crippen LogP contribution is 2.33. The second-order valence-corrected chi connectivity index (χ2v) is 9.90. The van der Waals surface area contributed by atoms with E-state index in [0.717, 1.165) is 67.2 Å². The van der Waals surface area contributed by atoms with Crippen LogP contribution in [0.2, 0.25) is 0 Å². The average Bonchev–Trinajstić information content (AvgIpc) is 3.71. The molecule has 3 N–H and O–H groups in total. The molecule has 2 heterocycles. The van der Waals surface area contributed by atoms with Crippen LogP contribution in [-0.2, 0) is 0 Å². The van der Waals surface area contributed by atoms with Crippen LogP contribution >= 0.6 is 0 Å². The molecule has 1 aromatic heterocycles. The first kappa shape index (κ1) is 24.8. The molecular formula is C28H35N7O2. The van der Waals surface area contributed by atoms with Gasteiger partial charge in [-0.3, -0.25) is 4.79 Å². The normalized spacial score (nSPS) is 15.8. The number of hydrogen-bond acceptors (Lipinski definition) is 8. The van der Waals surface area contributed by atoms with Gasteiger partial charge in [0.05, 0.1) is 12.8 Å². The smallest absolute Gasteiger partial charge is 0.261 e. The van der Waals surface area contributed by atoms with Crippen molar-refractivity contribution < 1.29 is 9.53 Å². The summed E-state index contributed by atoms with van der Waals surface area (Å²) in [6, 6.07) is 12.4. The molecule has 2 aromatic carbocycles. The number of nitrogens with zero attached hydrogens (tertiary/aromatic N) is 4. The molecule has 1 saturated carbocycles. The van der Waals surface area contributed by atoms with E-state index in [2.05, 4.69) is 48.8 Å². The molecular weight excluding hydrogens is 466 g/mol. The van der Waals surface area contributed by atoms with Gasteiger partial charge in [0.25, 0.3) is 5.91 Å². The Kier molecular flexibility index (Phi) is 7.14. The van der Waals surface area contributed by atoms with Crippen LogP contribution in [0.15, 0.2) is 42.6 Å². The largest absolute Gasteiger partial charge is 0.494 e. The van der Waals surface area contributed by atoms with Gasteiger partial charge in [-0.1, -0.05) is 18.2 Å². The molecule has 1 saturated heterocycles. The summed E-state index contributed by atoms with van der Waals surface area (Å²) >= 11 is 0. The Labute approximate surface area is 218 Å². The van der Waals surface area contributed by atoms with Gasteiger partial charge in [-0.25, -0.2) is 4.98 Å². The minimum atomic E-state index is -0.235. The molecule has 194 valence electrons. The van der Waals surface area contributed by atoms with Crippen molar-refractivity contribution in [2.45, 2.75) is 32.7 Å². The van der Waals surface area contributed by atoms with Gasteiger partial charge in [-0.05, 0) is 57.0 Å². The second-order valence-electron chi connectivity index (χ2n) is 9.90. The molecule has 0 spiro atoms. The Morgan fingerprint density at radius 1 is 1.05 bits per heavy atom. The number of carbonyl (C=O) groups excluding carboxylic acids is 1. The van der Waals surface area contributed by atoms with E-state index in [4.69, 9.17) is 4.74 Å². The van der Waals surface area contributed by atoms with E-state index in [1.54, 1.807) is 13.3 Å². The number of rotatable bonds is 8. The molecule has 5 rings (SSSR count). The number of aromatic nitrogens is 2. The highest BCUT2D eigenvalue weighted by atomic mass is 16.5. The zero-order chi connectivity index (χ0) is 25.9. The van der Waals surface area contributed by atoms with E-state index in [1.165, 1.54) is 0 Å². The van der Waals surface area contributed by atoms with Crippen LogP contribution in [0.5, 0.6) is 5.75 Å². The van der Waals surface area contributed by atoms with E-state index >= 15 is 0 Å². The molecule has 0 bridgehead atoms. The van der Waals surface area contributed by atoms with Crippen LogP contribution in [0, 0.1) is 13.8 Å². The van der Waals surface area contributed by atoms with Gasteiger partial charge in [-0.2, -0.15) is 4.98 Å². The topological polar surface area (TPSA) is 94.7 Å². The van der Waals surface area contributed by atoms with E-state index in [1.807, 2.05) is 44.2 Å². The molecule has 1 aliphatic heterocycles. The molecule has 37 heavy (non-hydrogen) atoms. The summed E-state index contributed by atoms with van der Waals surface area (Å²) in [5, 5.41) is 9.73. The Morgan fingerprint density at radius 2 is 1.78 bits per heavy atom. The molecule has 1 aliphatic carbocycles. The number of carbonyl (C=O) groups is 1. The molecule has 3 aromatic rings. The Hall–Kier alpha value is -3.85. The number of hydrogen-bond donors (Lipinski definition) is 3. The number of nitrogens with one attached hydrogen (secondary N) is 3. The van der Waals surface area contributed by atoms with Crippen LogP contribution in [0.3, 0.4) is 0 Å². The Balaban J connectivity index is 1.37. The zero-order valence-electron chi connectivity index (χ0n) is 22.0. The lowest BCUT2D eigenvalue weighted by Gasteiger charge is -2.34. The number of piperazine rings is 1. The third-order valence-electron chi connectivity index (χ3n) is 6.97. The fourth-order valence-electron chi connectivity index (χ4n) is 4.50. The van der Waals surface area contributed by atoms with Crippen LogP contribution in [0.4, 0.5) is 28.8 Å². The van der Waals surface area contributed by atoms with Gasteiger partial charge in [0.2, 0.25) is 5.95 Å². The molecule has 1 amide bonds. The highest BCUT2D eigenvalue weighted by Gasteiger charge is 2.25. The fraction of sp³-hybridized carbons (Fsp3) is 0.393. The maximum atomic E-state index is 13.2. The first-order chi connectivity index (χ1) is 17.9. The molecule has 0 atom stereocenters. The SMILES string of the molecule is COc1cc(N2CCN(C)CC2)ccc1Nc1ncc(C(=O)Nc2c(C)cccc2C)c(NC2CC2)n1. The summed E-state index contributed by atoms with van der Waals surface area (Å²) in [6.07, 6.45) is 3.70. The monoisotopic (exact) mass is 501 g/mol. The average molecular weight is 502 g/mol. The lowest BCUT2D eigenvalue weighted by atomic mass is 10.1. The third-order valence-corrected chi connectivity index (χ3v) is 6.97. The first-order valence-corrected chi connectivity index (χ1v) is 12.8. The maximum Gasteiger partial charge on any atom is 0.261 e. The van der Waals surface area contributed by atoms with Crippen molar-refractivity contribution in [3.8, 4) is 5.75 Å². The summed E-state index contributed by atoms with van der Waals surface area (Å²) < 4.78 is 5.69. The lowest BCUT2D eigenvalue weighted by Crippen LogP contribution is -2.44. The summed E-state index contributed by atoms with van der Waals surface area (Å²) in [5.74, 6) is 1.41. The van der Waals surface area contributed by atoms with E-state index in [9.17, 15) is 4.79 Å². The summed E-state index contributed by atoms with van der Waals surface area (Å²) in [7, 11) is 3.81. The minimum Gasteiger partial charge on any atom is -0.494 e. The number of likely N-dealkylation sites (N-methyl/N-ethyl adjacent to an activating group) is 1. The van der Waals surface area contributed by atoms with Crippen LogP contribution in [-0.4, -0.2) is 67.2 Å². The van der Waals surface area contributed by atoms with Crippen LogP contribution in [0.25, 0.3) is 0 Å². The molecule has 2 fully saturated rings. The number of anilines is 5. The maximum absolute atomic E-state index is 13.2. The standard InChI is InChI=1S/C28H35N7O2/c1-18-6-5-7-19(2)25(18)32-27(36)22-17-29-28(33-26(22)30-20-8-9-20)31-23-11-10-21(16-24(23)37-4)35-14-12-34(3)13-15-35/h5-7,10-11,16-17,20H,8-9,12-15H2,1-4H3,(H,32,36)(H2,29,30,31,33). The predicted octanol–water partition coefficient (Wildman–Crippen LogP) is 4.42. The fourth-order valence-corrected chi connectivity index (χ4v) is 4.50. The Morgan fingerprint density at radius 3 is 2.46 bits per heavy atom. The Bertz CT molecular complexity index is 1260. The molecule has 2 aliphatic rings. The number of ether oxygens (including phenoxy) is 1. The molecule has 0 radical (unpaired) electrons. The number of para-hydroxylation sites is 1. The third kappa shape index (κ3) is 5.77. The number of methoxy groups -OCH3 is 1. The molecule has 0 unspecified atom stereocenters. The lowest BCUT2D eigenvalue weighted by molar-refractivity contribution is 0.102. The van der Waals surface area contributed by atoms with Crippen molar-refractivity contribution in [3.05, 3.63) is 59.3 Å². The quantitative estimate of drug-likeness (QED) is 0.418. The summed E-state index contributed by atoms with van der Waals surface area (Å²) in [5.41, 5.74) is 5.15. The van der Waals surface area contributed by atoms with Crippen molar-refractivity contribution in [1.29, 1.82) is 0 Å². The van der Waals surface area contributed by atoms with Gasteiger partial charge >= 0.3 is 0 Å². The van der Waals surface area contributed by atoms with E-state index in [0.29, 0.717) is 29.1 Å². The van der Waals surface area contributed by atoms with Crippen molar-refractivity contribution in [3.63, 3.8) is 0 Å². The van der Waals surface area contributed by atoms with Crippen molar-refractivity contribution >= 4 is 34.7 Å². The summed E-state index contributed by atoms with van der Waals surface area (Å²) in [6.45, 7) is 8.01. The van der Waals surface area contributed by atoms with Gasteiger partial charge in [-0.15, -0.1) is 0 Å². The zero-order valence-corrected chi connectivity index (χ0v) is 22.0. The van der Waals surface area contributed by atoms with Gasteiger partial charge in [0.1, 0.15) is 17.1 Å². The first-order valence-electron chi connectivity index (χ1n) is 12.8.